The molecule has 0 spiro atoms. The fourth-order valence-electron chi connectivity index (χ4n) is 3.04. The molecule has 2 heterocycles. The van der Waals surface area contributed by atoms with Crippen LogP contribution in [-0.2, 0) is 11.2 Å². The van der Waals surface area contributed by atoms with E-state index in [9.17, 15) is 4.79 Å². The van der Waals surface area contributed by atoms with Gasteiger partial charge >= 0.3 is 0 Å². The van der Waals surface area contributed by atoms with Gasteiger partial charge in [0, 0.05) is 43.5 Å². The van der Waals surface area contributed by atoms with Crippen LogP contribution in [0.4, 0.5) is 0 Å². The third kappa shape index (κ3) is 4.22. The molecule has 0 bridgehead atoms. The number of thiazole rings is 1. The maximum Gasteiger partial charge on any atom is 0.223 e. The number of piperazine rings is 1. The number of aryl methyl sites for hydroxylation is 2. The molecule has 1 aliphatic rings. The van der Waals surface area contributed by atoms with Crippen molar-refractivity contribution in [2.24, 2.45) is 0 Å². The molecule has 0 unspecified atom stereocenters. The average Bonchev–Trinajstić information content (AvgIpc) is 3.09. The van der Waals surface area contributed by atoms with Gasteiger partial charge < -0.3 is 9.80 Å². The topological polar surface area (TPSA) is 36.4 Å². The Hall–Kier alpha value is -1.72. The lowest BCUT2D eigenvalue weighted by Crippen LogP contribution is -2.48. The number of carbonyl (C=O) groups is 1. The molecule has 1 aromatic heterocycles. The van der Waals surface area contributed by atoms with Crippen LogP contribution in [0.25, 0.3) is 10.6 Å². The van der Waals surface area contributed by atoms with Crippen LogP contribution in [0.5, 0.6) is 0 Å². The Labute approximate surface area is 148 Å². The standard InChI is InChI=1S/C19H25N3OS/c1-3-21-9-11-22(12-10-21)18(23)8-7-17-14-24-19(20-17)16-6-4-5-15(2)13-16/h4-6,13-14H,3,7-12H2,1-2H3. The number of amides is 1. The quantitative estimate of drug-likeness (QED) is 0.836. The maximum atomic E-state index is 12.4. The van der Waals surface area contributed by atoms with Crippen LogP contribution in [0.2, 0.25) is 0 Å². The van der Waals surface area contributed by atoms with Gasteiger partial charge in [-0.05, 0) is 26.0 Å². The van der Waals surface area contributed by atoms with Crippen molar-refractivity contribution in [3.05, 3.63) is 40.9 Å². The van der Waals surface area contributed by atoms with E-state index in [1.165, 1.54) is 5.56 Å². The first-order chi connectivity index (χ1) is 11.7. The third-order valence-electron chi connectivity index (χ3n) is 4.58. The SMILES string of the molecule is CCN1CCN(C(=O)CCc2csc(-c3cccc(C)c3)n2)CC1. The zero-order valence-corrected chi connectivity index (χ0v) is 15.3. The van der Waals surface area contributed by atoms with Crippen molar-refractivity contribution < 1.29 is 4.79 Å². The molecule has 1 saturated heterocycles. The van der Waals surface area contributed by atoms with E-state index < -0.39 is 0 Å². The first-order valence-electron chi connectivity index (χ1n) is 8.67. The fourth-order valence-corrected chi connectivity index (χ4v) is 3.89. The highest BCUT2D eigenvalue weighted by molar-refractivity contribution is 7.13. The first kappa shape index (κ1) is 17.1. The maximum absolute atomic E-state index is 12.4. The lowest BCUT2D eigenvalue weighted by molar-refractivity contribution is -0.132. The lowest BCUT2D eigenvalue weighted by Gasteiger charge is -2.34. The van der Waals surface area contributed by atoms with Gasteiger partial charge in [0.25, 0.3) is 0 Å². The highest BCUT2D eigenvalue weighted by atomic mass is 32.1. The molecule has 1 aliphatic heterocycles. The summed E-state index contributed by atoms with van der Waals surface area (Å²) in [6.45, 7) is 9.05. The number of aromatic nitrogens is 1. The number of carbonyl (C=O) groups excluding carboxylic acids is 1. The monoisotopic (exact) mass is 343 g/mol. The number of benzene rings is 1. The van der Waals surface area contributed by atoms with Gasteiger partial charge in [0.1, 0.15) is 5.01 Å². The molecule has 4 nitrogen and oxygen atoms in total. The first-order valence-corrected chi connectivity index (χ1v) is 9.55. The summed E-state index contributed by atoms with van der Waals surface area (Å²) in [6.07, 6.45) is 1.29. The normalized spacial score (nSPS) is 15.7. The van der Waals surface area contributed by atoms with Crippen LogP contribution < -0.4 is 0 Å². The van der Waals surface area contributed by atoms with Crippen molar-refractivity contribution in [1.82, 2.24) is 14.8 Å². The summed E-state index contributed by atoms with van der Waals surface area (Å²) in [5.74, 6) is 0.260. The summed E-state index contributed by atoms with van der Waals surface area (Å²) in [7, 11) is 0. The predicted molar refractivity (Wildman–Crippen MR) is 99.3 cm³/mol. The van der Waals surface area contributed by atoms with Gasteiger partial charge in [-0.1, -0.05) is 30.7 Å². The summed E-state index contributed by atoms with van der Waals surface area (Å²) in [4.78, 5) is 21.5. The molecule has 0 saturated carbocycles. The number of likely N-dealkylation sites (N-methyl/N-ethyl adjacent to an activating group) is 1. The zero-order valence-electron chi connectivity index (χ0n) is 14.5. The Morgan fingerprint density at radius 3 is 2.75 bits per heavy atom. The van der Waals surface area contributed by atoms with E-state index in [0.717, 1.165) is 55.4 Å². The van der Waals surface area contributed by atoms with E-state index >= 15 is 0 Å². The molecule has 24 heavy (non-hydrogen) atoms. The van der Waals surface area contributed by atoms with Gasteiger partial charge in [-0.2, -0.15) is 0 Å². The molecule has 1 aromatic carbocycles. The van der Waals surface area contributed by atoms with Crippen LogP contribution in [0.3, 0.4) is 0 Å². The molecule has 0 N–H and O–H groups in total. The third-order valence-corrected chi connectivity index (χ3v) is 5.52. The molecule has 0 radical (unpaired) electrons. The molecular formula is C19H25N3OS. The Kier molecular flexibility index (Phi) is 5.63. The van der Waals surface area contributed by atoms with E-state index in [1.54, 1.807) is 11.3 Å². The second kappa shape index (κ2) is 7.90. The molecule has 1 amide bonds. The Morgan fingerprint density at radius 2 is 2.04 bits per heavy atom. The smallest absolute Gasteiger partial charge is 0.223 e. The van der Waals surface area contributed by atoms with Crippen molar-refractivity contribution in [3.63, 3.8) is 0 Å². The van der Waals surface area contributed by atoms with Crippen LogP contribution >= 0.6 is 11.3 Å². The Balaban J connectivity index is 1.53. The molecule has 5 heteroatoms. The second-order valence-corrected chi connectivity index (χ2v) is 7.19. The van der Waals surface area contributed by atoms with Gasteiger partial charge in [0.15, 0.2) is 0 Å². The van der Waals surface area contributed by atoms with Crippen molar-refractivity contribution in [2.45, 2.75) is 26.7 Å². The van der Waals surface area contributed by atoms with Gasteiger partial charge in [-0.3, -0.25) is 4.79 Å². The van der Waals surface area contributed by atoms with E-state index in [4.69, 9.17) is 4.98 Å². The summed E-state index contributed by atoms with van der Waals surface area (Å²) in [5.41, 5.74) is 3.43. The highest BCUT2D eigenvalue weighted by Gasteiger charge is 2.20. The molecule has 0 atom stereocenters. The highest BCUT2D eigenvalue weighted by Crippen LogP contribution is 2.25. The van der Waals surface area contributed by atoms with Gasteiger partial charge in [0.05, 0.1) is 5.69 Å². The summed E-state index contributed by atoms with van der Waals surface area (Å²) in [5, 5.41) is 3.12. The summed E-state index contributed by atoms with van der Waals surface area (Å²) >= 11 is 1.66. The second-order valence-electron chi connectivity index (χ2n) is 6.33. The van der Waals surface area contributed by atoms with Crippen LogP contribution in [0, 0.1) is 6.92 Å². The zero-order chi connectivity index (χ0) is 16.9. The largest absolute Gasteiger partial charge is 0.340 e. The minimum atomic E-state index is 0.260. The molecular weight excluding hydrogens is 318 g/mol. The number of rotatable bonds is 5. The Morgan fingerprint density at radius 1 is 1.25 bits per heavy atom. The molecule has 3 rings (SSSR count). The lowest BCUT2D eigenvalue weighted by atomic mass is 10.1. The average molecular weight is 343 g/mol. The van der Waals surface area contributed by atoms with Crippen molar-refractivity contribution >= 4 is 17.2 Å². The number of nitrogens with zero attached hydrogens (tertiary/aromatic N) is 3. The predicted octanol–water partition coefficient (Wildman–Crippen LogP) is 3.22. The van der Waals surface area contributed by atoms with Crippen LogP contribution in [0.1, 0.15) is 24.6 Å². The van der Waals surface area contributed by atoms with Crippen molar-refractivity contribution in [3.8, 4) is 10.6 Å². The minimum absolute atomic E-state index is 0.260. The Bertz CT molecular complexity index is 689. The van der Waals surface area contributed by atoms with Gasteiger partial charge in [0.2, 0.25) is 5.91 Å². The molecule has 0 aliphatic carbocycles. The molecule has 1 fully saturated rings. The van der Waals surface area contributed by atoms with Gasteiger partial charge in [-0.25, -0.2) is 4.98 Å². The van der Waals surface area contributed by atoms with E-state index in [0.29, 0.717) is 6.42 Å². The van der Waals surface area contributed by atoms with E-state index in [1.807, 2.05) is 4.90 Å². The molecule has 128 valence electrons. The van der Waals surface area contributed by atoms with Gasteiger partial charge in [-0.15, -0.1) is 11.3 Å². The molecule has 2 aromatic rings. The van der Waals surface area contributed by atoms with Crippen LogP contribution in [-0.4, -0.2) is 53.4 Å². The fraction of sp³-hybridized carbons (Fsp3) is 0.474. The summed E-state index contributed by atoms with van der Waals surface area (Å²) in [6, 6.07) is 8.40. The minimum Gasteiger partial charge on any atom is -0.340 e. The van der Waals surface area contributed by atoms with Crippen molar-refractivity contribution in [2.75, 3.05) is 32.7 Å². The van der Waals surface area contributed by atoms with E-state index in [2.05, 4.69) is 48.4 Å². The number of hydrogen-bond acceptors (Lipinski definition) is 4. The van der Waals surface area contributed by atoms with E-state index in [-0.39, 0.29) is 5.91 Å². The van der Waals surface area contributed by atoms with Crippen molar-refractivity contribution in [1.29, 1.82) is 0 Å². The van der Waals surface area contributed by atoms with Crippen LogP contribution in [0.15, 0.2) is 29.6 Å². The number of hydrogen-bond donors (Lipinski definition) is 0. The summed E-state index contributed by atoms with van der Waals surface area (Å²) < 4.78 is 0.